The Morgan fingerprint density at radius 2 is 2.00 bits per heavy atom. The molecule has 0 bridgehead atoms. The summed E-state index contributed by atoms with van der Waals surface area (Å²) in [7, 11) is 0. The maximum absolute atomic E-state index is 12.2. The van der Waals surface area contributed by atoms with Gasteiger partial charge in [0.15, 0.2) is 11.5 Å². The van der Waals surface area contributed by atoms with E-state index in [4.69, 9.17) is 0 Å². The van der Waals surface area contributed by atoms with E-state index in [2.05, 4.69) is 15.5 Å². The van der Waals surface area contributed by atoms with Gasteiger partial charge >= 0.3 is 0 Å². The molecule has 0 radical (unpaired) electrons. The fraction of sp³-hybridized carbons (Fsp3) is 0.235. The summed E-state index contributed by atoms with van der Waals surface area (Å²) in [5, 5.41) is 11.3. The zero-order chi connectivity index (χ0) is 15.5. The highest BCUT2D eigenvalue weighted by atomic mass is 16.1. The first-order valence-electron chi connectivity index (χ1n) is 7.40. The van der Waals surface area contributed by atoms with E-state index in [0.717, 1.165) is 17.8 Å². The van der Waals surface area contributed by atoms with E-state index in [-0.39, 0.29) is 11.9 Å². The van der Waals surface area contributed by atoms with Crippen LogP contribution in [0.15, 0.2) is 48.7 Å². The lowest BCUT2D eigenvalue weighted by molar-refractivity contribution is 0.0939. The molecule has 3 aromatic rings. The van der Waals surface area contributed by atoms with Crippen molar-refractivity contribution in [3.8, 4) is 11.4 Å². The van der Waals surface area contributed by atoms with Gasteiger partial charge in [0, 0.05) is 23.4 Å². The minimum absolute atomic E-state index is 0.0823. The van der Waals surface area contributed by atoms with Crippen molar-refractivity contribution < 1.29 is 4.79 Å². The first-order valence-corrected chi connectivity index (χ1v) is 7.40. The van der Waals surface area contributed by atoms with E-state index >= 15 is 0 Å². The van der Waals surface area contributed by atoms with Crippen LogP contribution in [-0.2, 0) is 0 Å². The van der Waals surface area contributed by atoms with Crippen LogP contribution in [0.1, 0.15) is 30.6 Å². The van der Waals surface area contributed by atoms with Crippen LogP contribution in [0.25, 0.3) is 17.0 Å². The van der Waals surface area contributed by atoms with Crippen molar-refractivity contribution in [3.05, 3.63) is 54.2 Å². The normalized spacial score (nSPS) is 12.3. The first kappa shape index (κ1) is 14.3. The Kier molecular flexibility index (Phi) is 3.87. The lowest BCUT2D eigenvalue weighted by atomic mass is 10.2. The molecule has 5 heteroatoms. The molecule has 5 nitrogen and oxygen atoms in total. The van der Waals surface area contributed by atoms with E-state index in [1.807, 2.05) is 54.8 Å². The average molecular weight is 294 g/mol. The van der Waals surface area contributed by atoms with Crippen molar-refractivity contribution in [2.24, 2.45) is 0 Å². The number of hydrogen-bond donors (Lipinski definition) is 1. The van der Waals surface area contributed by atoms with Gasteiger partial charge in [-0.3, -0.25) is 9.20 Å². The predicted molar refractivity (Wildman–Crippen MR) is 85.6 cm³/mol. The van der Waals surface area contributed by atoms with Crippen LogP contribution in [0, 0.1) is 0 Å². The largest absolute Gasteiger partial charge is 0.350 e. The molecule has 3 rings (SSSR count). The highest BCUT2D eigenvalue weighted by Crippen LogP contribution is 2.18. The molecule has 1 amide bonds. The van der Waals surface area contributed by atoms with Gasteiger partial charge in [0.25, 0.3) is 5.91 Å². The lowest BCUT2D eigenvalue weighted by Gasteiger charge is -2.11. The Labute approximate surface area is 129 Å². The molecular weight excluding hydrogens is 276 g/mol. The van der Waals surface area contributed by atoms with Crippen molar-refractivity contribution in [3.63, 3.8) is 0 Å². The summed E-state index contributed by atoms with van der Waals surface area (Å²) in [6.07, 6.45) is 2.74. The van der Waals surface area contributed by atoms with Gasteiger partial charge in [-0.1, -0.05) is 37.3 Å². The number of carbonyl (C=O) groups excluding carboxylic acids is 1. The van der Waals surface area contributed by atoms with Gasteiger partial charge in [0.1, 0.15) is 0 Å². The Morgan fingerprint density at radius 3 is 2.73 bits per heavy atom. The van der Waals surface area contributed by atoms with Gasteiger partial charge in [-0.25, -0.2) is 0 Å². The Bertz CT molecular complexity index is 795. The van der Waals surface area contributed by atoms with Crippen molar-refractivity contribution in [1.29, 1.82) is 0 Å². The molecular formula is C17H18N4O. The second-order valence-electron chi connectivity index (χ2n) is 5.32. The first-order chi connectivity index (χ1) is 10.7. The zero-order valence-electron chi connectivity index (χ0n) is 12.7. The van der Waals surface area contributed by atoms with Gasteiger partial charge in [0.2, 0.25) is 0 Å². The third kappa shape index (κ3) is 2.70. The second kappa shape index (κ2) is 5.97. The molecule has 2 heterocycles. The molecule has 1 aromatic carbocycles. The second-order valence-corrected chi connectivity index (χ2v) is 5.32. The Hall–Kier alpha value is -2.69. The highest BCUT2D eigenvalue weighted by molar-refractivity contribution is 5.95. The predicted octanol–water partition coefficient (Wildman–Crippen LogP) is 2.92. The number of benzene rings is 1. The number of pyridine rings is 1. The minimum atomic E-state index is -0.0823. The molecule has 0 spiro atoms. The quantitative estimate of drug-likeness (QED) is 0.805. The number of nitrogens with one attached hydrogen (secondary N) is 1. The van der Waals surface area contributed by atoms with Crippen LogP contribution in [-0.4, -0.2) is 26.5 Å². The van der Waals surface area contributed by atoms with Gasteiger partial charge in [-0.15, -0.1) is 10.2 Å². The van der Waals surface area contributed by atoms with Gasteiger partial charge in [-0.2, -0.15) is 0 Å². The highest BCUT2D eigenvalue weighted by Gasteiger charge is 2.12. The Balaban J connectivity index is 1.94. The zero-order valence-corrected chi connectivity index (χ0v) is 12.7. The van der Waals surface area contributed by atoms with Crippen LogP contribution >= 0.6 is 0 Å². The van der Waals surface area contributed by atoms with Crippen molar-refractivity contribution in [1.82, 2.24) is 19.9 Å². The van der Waals surface area contributed by atoms with Crippen LogP contribution in [0.4, 0.5) is 0 Å². The molecule has 0 fully saturated rings. The van der Waals surface area contributed by atoms with E-state index in [9.17, 15) is 4.79 Å². The molecule has 112 valence electrons. The van der Waals surface area contributed by atoms with E-state index < -0.39 is 0 Å². The van der Waals surface area contributed by atoms with Gasteiger partial charge in [-0.05, 0) is 25.5 Å². The number of fused-ring (bicyclic) bond motifs is 1. The number of carbonyl (C=O) groups is 1. The summed E-state index contributed by atoms with van der Waals surface area (Å²) in [5.74, 6) is 0.686. The number of rotatable bonds is 4. The summed E-state index contributed by atoms with van der Waals surface area (Å²) in [6.45, 7) is 4.03. The van der Waals surface area contributed by atoms with Crippen LogP contribution in [0.3, 0.4) is 0 Å². The maximum atomic E-state index is 12.2. The molecule has 0 aliphatic carbocycles. The summed E-state index contributed by atoms with van der Waals surface area (Å²) in [4.78, 5) is 12.2. The van der Waals surface area contributed by atoms with Crippen molar-refractivity contribution >= 4 is 11.6 Å². The summed E-state index contributed by atoms with van der Waals surface area (Å²) in [5.41, 5.74) is 2.25. The molecule has 1 N–H and O–H groups in total. The SMILES string of the molecule is CCC(C)NC(=O)c1ccn2c(-c3ccccc3)nnc2c1. The van der Waals surface area contributed by atoms with Gasteiger partial charge in [0.05, 0.1) is 0 Å². The Morgan fingerprint density at radius 1 is 1.23 bits per heavy atom. The summed E-state index contributed by atoms with van der Waals surface area (Å²) in [6, 6.07) is 13.6. The van der Waals surface area contributed by atoms with Crippen LogP contribution < -0.4 is 5.32 Å². The molecule has 1 unspecified atom stereocenters. The lowest BCUT2D eigenvalue weighted by Crippen LogP contribution is -2.31. The smallest absolute Gasteiger partial charge is 0.251 e. The molecule has 22 heavy (non-hydrogen) atoms. The number of hydrogen-bond acceptors (Lipinski definition) is 3. The molecule has 0 saturated carbocycles. The van der Waals surface area contributed by atoms with Crippen LogP contribution in [0.5, 0.6) is 0 Å². The molecule has 0 saturated heterocycles. The topological polar surface area (TPSA) is 59.3 Å². The standard InChI is InChI=1S/C17H18N4O/c1-3-12(2)18-17(22)14-9-10-21-15(11-14)19-20-16(21)13-7-5-4-6-8-13/h4-12H,3H2,1-2H3,(H,18,22). The number of aromatic nitrogens is 3. The van der Waals surface area contributed by atoms with E-state index in [1.54, 1.807) is 12.1 Å². The number of amides is 1. The molecule has 0 aliphatic rings. The summed E-state index contributed by atoms with van der Waals surface area (Å²) < 4.78 is 1.88. The van der Waals surface area contributed by atoms with Crippen LogP contribution in [0.2, 0.25) is 0 Å². The van der Waals surface area contributed by atoms with Crippen molar-refractivity contribution in [2.45, 2.75) is 26.3 Å². The van der Waals surface area contributed by atoms with E-state index in [0.29, 0.717) is 11.2 Å². The fourth-order valence-corrected chi connectivity index (χ4v) is 2.23. The summed E-state index contributed by atoms with van der Waals surface area (Å²) >= 11 is 0. The molecule has 1 atom stereocenters. The van der Waals surface area contributed by atoms with Gasteiger partial charge < -0.3 is 5.32 Å². The third-order valence-corrected chi connectivity index (χ3v) is 3.69. The van der Waals surface area contributed by atoms with E-state index in [1.165, 1.54) is 0 Å². The van der Waals surface area contributed by atoms with Crippen molar-refractivity contribution in [2.75, 3.05) is 0 Å². The molecule has 2 aromatic heterocycles. The minimum Gasteiger partial charge on any atom is -0.350 e. The fourth-order valence-electron chi connectivity index (χ4n) is 2.23. The average Bonchev–Trinajstić information content (AvgIpc) is 2.98. The number of nitrogens with zero attached hydrogens (tertiary/aromatic N) is 3. The monoisotopic (exact) mass is 294 g/mol. The molecule has 0 aliphatic heterocycles. The third-order valence-electron chi connectivity index (χ3n) is 3.69. The maximum Gasteiger partial charge on any atom is 0.251 e.